The van der Waals surface area contributed by atoms with Crippen LogP contribution in [-0.4, -0.2) is 38.7 Å². The van der Waals surface area contributed by atoms with E-state index in [2.05, 4.69) is 28.7 Å². The fourth-order valence-corrected chi connectivity index (χ4v) is 3.32. The third-order valence-corrected chi connectivity index (χ3v) is 4.03. The van der Waals surface area contributed by atoms with Crippen LogP contribution in [0.2, 0.25) is 0 Å². The van der Waals surface area contributed by atoms with Gasteiger partial charge in [0.05, 0.1) is 6.26 Å². The summed E-state index contributed by atoms with van der Waals surface area (Å²) in [5.41, 5.74) is 1.27. The van der Waals surface area contributed by atoms with Crippen LogP contribution >= 0.6 is 0 Å². The lowest BCUT2D eigenvalue weighted by molar-refractivity contribution is 0.318. The van der Waals surface area contributed by atoms with Gasteiger partial charge in [-0.3, -0.25) is 4.90 Å². The van der Waals surface area contributed by atoms with E-state index in [4.69, 9.17) is 0 Å². The van der Waals surface area contributed by atoms with Crippen molar-refractivity contribution in [3.63, 3.8) is 0 Å². The van der Waals surface area contributed by atoms with E-state index in [1.54, 1.807) is 0 Å². The fourth-order valence-electron chi connectivity index (χ4n) is 2.47. The molecule has 1 aromatic rings. The number of hydrogen-bond donors (Lipinski definition) is 1. The van der Waals surface area contributed by atoms with Crippen LogP contribution in [-0.2, 0) is 16.6 Å². The highest BCUT2D eigenvalue weighted by Gasteiger charge is 2.31. The van der Waals surface area contributed by atoms with E-state index < -0.39 is 10.0 Å². The third-order valence-electron chi connectivity index (χ3n) is 3.30. The van der Waals surface area contributed by atoms with Crippen molar-refractivity contribution >= 4 is 10.0 Å². The Kier molecular flexibility index (Phi) is 4.04. The first-order valence-corrected chi connectivity index (χ1v) is 8.07. The average molecular weight is 268 g/mol. The Balaban J connectivity index is 1.95. The van der Waals surface area contributed by atoms with Crippen LogP contribution in [0.4, 0.5) is 0 Å². The highest BCUT2D eigenvalue weighted by atomic mass is 32.2. The van der Waals surface area contributed by atoms with Crippen LogP contribution in [0.5, 0.6) is 0 Å². The Hall–Kier alpha value is -0.910. The molecule has 1 aromatic carbocycles. The summed E-state index contributed by atoms with van der Waals surface area (Å²) in [7, 11) is -3.11. The monoisotopic (exact) mass is 268 g/mol. The highest BCUT2D eigenvalue weighted by molar-refractivity contribution is 7.88. The Labute approximate surface area is 109 Å². The zero-order valence-corrected chi connectivity index (χ0v) is 11.7. The lowest BCUT2D eigenvalue weighted by Gasteiger charge is -2.16. The van der Waals surface area contributed by atoms with Crippen LogP contribution < -0.4 is 4.72 Å². The largest absolute Gasteiger partial charge is 0.297 e. The molecule has 18 heavy (non-hydrogen) atoms. The molecule has 100 valence electrons. The summed E-state index contributed by atoms with van der Waals surface area (Å²) in [6.07, 6.45) is 1.22. The minimum Gasteiger partial charge on any atom is -0.297 e. The molecule has 1 N–H and O–H groups in total. The fraction of sp³-hybridized carbons (Fsp3) is 0.538. The molecule has 1 aliphatic heterocycles. The maximum Gasteiger partial charge on any atom is 0.209 e. The predicted octanol–water partition coefficient (Wildman–Crippen LogP) is 1.06. The van der Waals surface area contributed by atoms with Gasteiger partial charge in [0.15, 0.2) is 0 Å². The van der Waals surface area contributed by atoms with Gasteiger partial charge in [0.2, 0.25) is 10.0 Å². The lowest BCUT2D eigenvalue weighted by atomic mass is 10.1. The van der Waals surface area contributed by atoms with E-state index in [1.807, 2.05) is 18.2 Å². The van der Waals surface area contributed by atoms with Gasteiger partial charge in [0, 0.05) is 25.7 Å². The van der Waals surface area contributed by atoms with E-state index >= 15 is 0 Å². The molecular weight excluding hydrogens is 248 g/mol. The van der Waals surface area contributed by atoms with Crippen molar-refractivity contribution in [1.82, 2.24) is 9.62 Å². The van der Waals surface area contributed by atoms with Crippen molar-refractivity contribution in [1.29, 1.82) is 0 Å². The Morgan fingerprint density at radius 2 is 1.94 bits per heavy atom. The number of hydrogen-bond acceptors (Lipinski definition) is 3. The summed E-state index contributed by atoms with van der Waals surface area (Å²) in [5.74, 6) is 0.350. The molecule has 0 amide bonds. The van der Waals surface area contributed by atoms with Crippen LogP contribution in [0.25, 0.3) is 0 Å². The maximum absolute atomic E-state index is 11.3. The number of benzene rings is 1. The van der Waals surface area contributed by atoms with E-state index in [0.717, 1.165) is 19.6 Å². The number of nitrogens with one attached hydrogen (secondary N) is 1. The molecule has 0 aromatic heterocycles. The number of nitrogens with zero attached hydrogens (tertiary/aromatic N) is 1. The van der Waals surface area contributed by atoms with Crippen molar-refractivity contribution in [3.05, 3.63) is 35.9 Å². The van der Waals surface area contributed by atoms with Gasteiger partial charge >= 0.3 is 0 Å². The van der Waals surface area contributed by atoms with Gasteiger partial charge in [0.1, 0.15) is 0 Å². The topological polar surface area (TPSA) is 49.4 Å². The van der Waals surface area contributed by atoms with Crippen LogP contribution in [0, 0.1) is 5.92 Å². The smallest absolute Gasteiger partial charge is 0.209 e. The summed E-state index contributed by atoms with van der Waals surface area (Å²) in [4.78, 5) is 2.29. The molecule has 2 rings (SSSR count). The van der Waals surface area contributed by atoms with Crippen molar-refractivity contribution in [2.24, 2.45) is 5.92 Å². The maximum atomic E-state index is 11.3. The second-order valence-corrected chi connectivity index (χ2v) is 6.93. The summed E-state index contributed by atoms with van der Waals surface area (Å²) < 4.78 is 25.3. The van der Waals surface area contributed by atoms with Gasteiger partial charge in [-0.15, -0.1) is 0 Å². The standard InChI is InChI=1S/C13H20N2O2S/c1-11-8-15(9-12-6-4-3-5-7-12)10-13(11)14-18(2,16)17/h3-7,11,13-14H,8-10H2,1-2H3. The first kappa shape index (κ1) is 13.5. The zero-order valence-electron chi connectivity index (χ0n) is 10.8. The molecule has 5 heteroatoms. The molecule has 2 atom stereocenters. The quantitative estimate of drug-likeness (QED) is 0.888. The minimum atomic E-state index is -3.11. The van der Waals surface area contributed by atoms with E-state index in [-0.39, 0.29) is 6.04 Å². The molecular formula is C13H20N2O2S. The normalized spacial score (nSPS) is 25.4. The lowest BCUT2D eigenvalue weighted by Crippen LogP contribution is -2.39. The SMILES string of the molecule is CC1CN(Cc2ccccc2)CC1NS(C)(=O)=O. The molecule has 0 radical (unpaired) electrons. The van der Waals surface area contributed by atoms with Crippen molar-refractivity contribution in [2.75, 3.05) is 19.3 Å². The van der Waals surface area contributed by atoms with Crippen LogP contribution in [0.3, 0.4) is 0 Å². The first-order valence-electron chi connectivity index (χ1n) is 6.17. The van der Waals surface area contributed by atoms with Gasteiger partial charge in [-0.05, 0) is 11.5 Å². The summed E-state index contributed by atoms with van der Waals surface area (Å²) >= 11 is 0. The van der Waals surface area contributed by atoms with E-state index in [0.29, 0.717) is 5.92 Å². The number of likely N-dealkylation sites (tertiary alicyclic amines) is 1. The molecule has 1 fully saturated rings. The van der Waals surface area contributed by atoms with E-state index in [9.17, 15) is 8.42 Å². The van der Waals surface area contributed by atoms with Crippen molar-refractivity contribution in [3.8, 4) is 0 Å². The molecule has 0 spiro atoms. The summed E-state index contributed by atoms with van der Waals surface area (Å²) in [5, 5.41) is 0. The Morgan fingerprint density at radius 3 is 2.56 bits per heavy atom. The van der Waals surface area contributed by atoms with Gasteiger partial charge in [-0.25, -0.2) is 13.1 Å². The van der Waals surface area contributed by atoms with Gasteiger partial charge in [-0.1, -0.05) is 37.3 Å². The first-order chi connectivity index (χ1) is 8.44. The van der Waals surface area contributed by atoms with Gasteiger partial charge in [-0.2, -0.15) is 0 Å². The average Bonchev–Trinajstić information content (AvgIpc) is 2.58. The second kappa shape index (κ2) is 5.38. The molecule has 0 saturated carbocycles. The predicted molar refractivity (Wildman–Crippen MR) is 72.7 cm³/mol. The zero-order chi connectivity index (χ0) is 13.2. The highest BCUT2D eigenvalue weighted by Crippen LogP contribution is 2.19. The number of rotatable bonds is 4. The Morgan fingerprint density at radius 1 is 1.28 bits per heavy atom. The second-order valence-electron chi connectivity index (χ2n) is 5.15. The Bertz CT molecular complexity index is 487. The molecule has 1 saturated heterocycles. The van der Waals surface area contributed by atoms with Crippen molar-refractivity contribution < 1.29 is 8.42 Å². The molecule has 2 unspecified atom stereocenters. The van der Waals surface area contributed by atoms with Crippen LogP contribution in [0.1, 0.15) is 12.5 Å². The molecule has 0 aliphatic carbocycles. The molecule has 0 bridgehead atoms. The molecule has 1 heterocycles. The number of sulfonamides is 1. The molecule has 1 aliphatic rings. The van der Waals surface area contributed by atoms with Gasteiger partial charge in [0.25, 0.3) is 0 Å². The molecule has 4 nitrogen and oxygen atoms in total. The van der Waals surface area contributed by atoms with Gasteiger partial charge < -0.3 is 0 Å². The third kappa shape index (κ3) is 3.80. The van der Waals surface area contributed by atoms with E-state index in [1.165, 1.54) is 11.8 Å². The minimum absolute atomic E-state index is 0.0312. The summed E-state index contributed by atoms with van der Waals surface area (Å²) in [6, 6.07) is 10.3. The van der Waals surface area contributed by atoms with Crippen LogP contribution in [0.15, 0.2) is 30.3 Å². The van der Waals surface area contributed by atoms with Crippen molar-refractivity contribution in [2.45, 2.75) is 19.5 Å². The summed E-state index contributed by atoms with van der Waals surface area (Å²) in [6.45, 7) is 4.69.